The second-order valence-electron chi connectivity index (χ2n) is 5.06. The molecule has 0 aliphatic carbocycles. The lowest BCUT2D eigenvalue weighted by Gasteiger charge is -2.36. The molecule has 0 radical (unpaired) electrons. The molecule has 0 saturated carbocycles. The highest BCUT2D eigenvalue weighted by Crippen LogP contribution is 2.27. The van der Waals surface area contributed by atoms with Crippen LogP contribution in [0.4, 0.5) is 0 Å². The van der Waals surface area contributed by atoms with Crippen LogP contribution in [0.3, 0.4) is 0 Å². The molecule has 1 rings (SSSR count). The van der Waals surface area contributed by atoms with E-state index in [-0.39, 0.29) is 17.2 Å². The van der Waals surface area contributed by atoms with E-state index in [0.717, 1.165) is 25.9 Å². The molecule has 4 nitrogen and oxygen atoms in total. The lowest BCUT2D eigenvalue weighted by atomic mass is 9.81. The molecule has 1 heterocycles. The van der Waals surface area contributed by atoms with Crippen LogP contribution in [0.1, 0.15) is 26.7 Å². The number of hydrogen-bond donors (Lipinski definition) is 1. The first kappa shape index (κ1) is 13.0. The summed E-state index contributed by atoms with van der Waals surface area (Å²) in [5, 5.41) is 12.0. The van der Waals surface area contributed by atoms with E-state index >= 15 is 0 Å². The molecule has 16 heavy (non-hydrogen) atoms. The van der Waals surface area contributed by atoms with Crippen molar-refractivity contribution in [1.29, 1.82) is 5.26 Å². The molecule has 0 bridgehead atoms. The van der Waals surface area contributed by atoms with Gasteiger partial charge >= 0.3 is 0 Å². The summed E-state index contributed by atoms with van der Waals surface area (Å²) >= 11 is 0. The van der Waals surface area contributed by atoms with Gasteiger partial charge in [-0.1, -0.05) is 0 Å². The lowest BCUT2D eigenvalue weighted by Crippen LogP contribution is -2.49. The summed E-state index contributed by atoms with van der Waals surface area (Å²) in [5.41, 5.74) is -0.290. The molecule has 0 aromatic carbocycles. The Morgan fingerprint density at radius 1 is 1.69 bits per heavy atom. The van der Waals surface area contributed by atoms with Crippen molar-refractivity contribution in [2.24, 2.45) is 11.3 Å². The zero-order valence-electron chi connectivity index (χ0n) is 10.4. The van der Waals surface area contributed by atoms with E-state index in [0.29, 0.717) is 6.54 Å². The van der Waals surface area contributed by atoms with Crippen molar-refractivity contribution in [2.45, 2.75) is 26.7 Å². The summed E-state index contributed by atoms with van der Waals surface area (Å²) in [7, 11) is 1.79. The summed E-state index contributed by atoms with van der Waals surface area (Å²) in [5.74, 6) is 0.0518. The zero-order chi connectivity index (χ0) is 12.2. The maximum absolute atomic E-state index is 12.2. The quantitative estimate of drug-likeness (QED) is 0.776. The Morgan fingerprint density at radius 3 is 2.88 bits per heavy atom. The summed E-state index contributed by atoms with van der Waals surface area (Å²) in [6.07, 6.45) is 1.98. The third-order valence-electron chi connectivity index (χ3n) is 3.23. The molecular formula is C12H21N3O. The summed E-state index contributed by atoms with van der Waals surface area (Å²) in [4.78, 5) is 13.9. The number of carbonyl (C=O) groups excluding carboxylic acids is 1. The van der Waals surface area contributed by atoms with Crippen molar-refractivity contribution in [3.05, 3.63) is 0 Å². The van der Waals surface area contributed by atoms with Crippen LogP contribution in [0.25, 0.3) is 0 Å². The third kappa shape index (κ3) is 2.96. The summed E-state index contributed by atoms with van der Waals surface area (Å²) in [6, 6.07) is 2.16. The van der Waals surface area contributed by atoms with E-state index in [1.54, 1.807) is 11.9 Å². The second kappa shape index (κ2) is 5.31. The fourth-order valence-corrected chi connectivity index (χ4v) is 2.23. The number of nitrogens with one attached hydrogen (secondary N) is 1. The molecule has 0 aromatic heterocycles. The van der Waals surface area contributed by atoms with Gasteiger partial charge < -0.3 is 10.2 Å². The van der Waals surface area contributed by atoms with Crippen LogP contribution >= 0.6 is 0 Å². The predicted octanol–water partition coefficient (Wildman–Crippen LogP) is 0.994. The molecule has 1 amide bonds. The SMILES string of the molecule is CC(C#N)CN(C)C(=O)C1(C)CCCNC1. The highest BCUT2D eigenvalue weighted by molar-refractivity contribution is 5.82. The van der Waals surface area contributed by atoms with E-state index in [9.17, 15) is 4.79 Å². The van der Waals surface area contributed by atoms with Gasteiger partial charge in [0.1, 0.15) is 0 Å². The van der Waals surface area contributed by atoms with Gasteiger partial charge in [-0.25, -0.2) is 0 Å². The number of hydrogen-bond acceptors (Lipinski definition) is 3. The van der Waals surface area contributed by atoms with Crippen LogP contribution in [0.5, 0.6) is 0 Å². The molecule has 1 aliphatic rings. The van der Waals surface area contributed by atoms with Crippen LogP contribution in [0.2, 0.25) is 0 Å². The van der Waals surface area contributed by atoms with Gasteiger partial charge in [-0.2, -0.15) is 5.26 Å². The minimum absolute atomic E-state index is 0.103. The molecule has 1 fully saturated rings. The summed E-state index contributed by atoms with van der Waals surface area (Å²) in [6.45, 7) is 6.11. The first-order valence-electron chi connectivity index (χ1n) is 5.85. The van der Waals surface area contributed by atoms with Gasteiger partial charge in [0.25, 0.3) is 0 Å². The van der Waals surface area contributed by atoms with Crippen molar-refractivity contribution in [2.75, 3.05) is 26.7 Å². The third-order valence-corrected chi connectivity index (χ3v) is 3.23. The number of rotatable bonds is 3. The highest BCUT2D eigenvalue weighted by atomic mass is 16.2. The lowest BCUT2D eigenvalue weighted by molar-refractivity contribution is -0.141. The minimum Gasteiger partial charge on any atom is -0.344 e. The smallest absolute Gasteiger partial charge is 0.229 e. The van der Waals surface area contributed by atoms with Crippen LogP contribution in [-0.2, 0) is 4.79 Å². The normalized spacial score (nSPS) is 26.9. The fraction of sp³-hybridized carbons (Fsp3) is 0.833. The van der Waals surface area contributed by atoms with Gasteiger partial charge in [0, 0.05) is 20.1 Å². The average Bonchev–Trinajstić information content (AvgIpc) is 2.28. The second-order valence-corrected chi connectivity index (χ2v) is 5.06. The molecule has 1 aliphatic heterocycles. The Morgan fingerprint density at radius 2 is 2.38 bits per heavy atom. The van der Waals surface area contributed by atoms with Gasteiger partial charge in [-0.3, -0.25) is 4.79 Å². The largest absolute Gasteiger partial charge is 0.344 e. The number of nitriles is 1. The van der Waals surface area contributed by atoms with Gasteiger partial charge in [-0.15, -0.1) is 0 Å². The van der Waals surface area contributed by atoms with E-state index < -0.39 is 0 Å². The Kier molecular flexibility index (Phi) is 4.31. The van der Waals surface area contributed by atoms with Crippen LogP contribution in [0.15, 0.2) is 0 Å². The number of nitrogens with zero attached hydrogens (tertiary/aromatic N) is 2. The maximum Gasteiger partial charge on any atom is 0.229 e. The van der Waals surface area contributed by atoms with Crippen molar-refractivity contribution >= 4 is 5.91 Å². The maximum atomic E-state index is 12.2. The Hall–Kier alpha value is -1.08. The Balaban J connectivity index is 2.58. The van der Waals surface area contributed by atoms with Gasteiger partial charge in [0.2, 0.25) is 5.91 Å². The van der Waals surface area contributed by atoms with Gasteiger partial charge in [0.05, 0.1) is 17.4 Å². The fourth-order valence-electron chi connectivity index (χ4n) is 2.23. The van der Waals surface area contributed by atoms with Crippen LogP contribution < -0.4 is 5.32 Å². The molecule has 1 saturated heterocycles. The summed E-state index contributed by atoms with van der Waals surface area (Å²) < 4.78 is 0. The minimum atomic E-state index is -0.290. The van der Waals surface area contributed by atoms with E-state index in [1.807, 2.05) is 13.8 Å². The number of piperidine rings is 1. The zero-order valence-corrected chi connectivity index (χ0v) is 10.4. The van der Waals surface area contributed by atoms with Crippen LogP contribution in [0, 0.1) is 22.7 Å². The van der Waals surface area contributed by atoms with E-state index in [4.69, 9.17) is 5.26 Å². The van der Waals surface area contributed by atoms with Crippen molar-refractivity contribution in [3.63, 3.8) is 0 Å². The van der Waals surface area contributed by atoms with E-state index in [1.165, 1.54) is 0 Å². The standard InChI is InChI=1S/C12H21N3O/c1-10(7-13)8-15(3)11(16)12(2)5-4-6-14-9-12/h10,14H,4-6,8-9H2,1-3H3. The molecule has 0 spiro atoms. The molecule has 90 valence electrons. The molecule has 4 heteroatoms. The Bertz CT molecular complexity index is 289. The topological polar surface area (TPSA) is 56.1 Å². The molecule has 2 unspecified atom stereocenters. The average molecular weight is 223 g/mol. The number of amides is 1. The molecular weight excluding hydrogens is 202 g/mol. The monoisotopic (exact) mass is 223 g/mol. The van der Waals surface area contributed by atoms with Gasteiger partial charge in [-0.05, 0) is 33.2 Å². The van der Waals surface area contributed by atoms with Crippen molar-refractivity contribution in [1.82, 2.24) is 10.2 Å². The highest BCUT2D eigenvalue weighted by Gasteiger charge is 2.36. The van der Waals surface area contributed by atoms with Crippen molar-refractivity contribution < 1.29 is 4.79 Å². The molecule has 1 N–H and O–H groups in total. The van der Waals surface area contributed by atoms with Crippen LogP contribution in [-0.4, -0.2) is 37.5 Å². The molecule has 2 atom stereocenters. The van der Waals surface area contributed by atoms with E-state index in [2.05, 4.69) is 11.4 Å². The van der Waals surface area contributed by atoms with Crippen molar-refractivity contribution in [3.8, 4) is 6.07 Å². The predicted molar refractivity (Wildman–Crippen MR) is 62.6 cm³/mol. The first-order chi connectivity index (χ1) is 7.49. The Labute approximate surface area is 97.6 Å². The molecule has 0 aromatic rings. The number of carbonyl (C=O) groups is 1. The van der Waals surface area contributed by atoms with Gasteiger partial charge in [0.15, 0.2) is 0 Å². The first-order valence-corrected chi connectivity index (χ1v) is 5.85.